The molecule has 4 aromatic rings. The Morgan fingerprint density at radius 1 is 0.949 bits per heavy atom. The van der Waals surface area contributed by atoms with Crippen LogP contribution in [0.15, 0.2) is 95.5 Å². The van der Waals surface area contributed by atoms with Crippen LogP contribution in [0.4, 0.5) is 5.69 Å². The zero-order valence-electron chi connectivity index (χ0n) is 21.8. The Labute approximate surface area is 235 Å². The third kappa shape index (κ3) is 6.32. The lowest BCUT2D eigenvalue weighted by Gasteiger charge is -2.51. The molecule has 3 fully saturated rings. The Morgan fingerprint density at radius 3 is 2.28 bits per heavy atom. The van der Waals surface area contributed by atoms with E-state index in [0.717, 1.165) is 59.6 Å². The maximum absolute atomic E-state index is 13.6. The molecule has 2 bridgehead atoms. The van der Waals surface area contributed by atoms with Gasteiger partial charge < -0.3 is 31.5 Å². The van der Waals surface area contributed by atoms with E-state index in [1.807, 2.05) is 78.9 Å². The average molecular weight is 545 g/mol. The Morgan fingerprint density at radius 2 is 1.59 bits per heavy atom. The Bertz CT molecular complexity index is 1340. The van der Waals surface area contributed by atoms with Gasteiger partial charge in [-0.1, -0.05) is 84.0 Å². The van der Waals surface area contributed by atoms with Crippen LogP contribution in [0.2, 0.25) is 0 Å². The molecule has 3 aliphatic heterocycles. The lowest BCUT2D eigenvalue weighted by molar-refractivity contribution is -0.958. The van der Waals surface area contributed by atoms with Gasteiger partial charge in [0, 0.05) is 24.4 Å². The van der Waals surface area contributed by atoms with Gasteiger partial charge in [0.1, 0.15) is 13.1 Å². The summed E-state index contributed by atoms with van der Waals surface area (Å²) in [6.45, 7) is 3.58. The maximum atomic E-state index is 13.6. The van der Waals surface area contributed by atoms with E-state index in [2.05, 4.69) is 22.6 Å². The molecular formula is C31H33ClN4O3. The molecule has 0 aliphatic carbocycles. The molecule has 8 heteroatoms. The predicted molar refractivity (Wildman–Crippen MR) is 144 cm³/mol. The molecule has 7 nitrogen and oxygen atoms in total. The lowest BCUT2D eigenvalue weighted by Crippen LogP contribution is -3.00. The molecule has 3 saturated heterocycles. The van der Waals surface area contributed by atoms with Gasteiger partial charge in [-0.2, -0.15) is 4.98 Å². The first-order chi connectivity index (χ1) is 18.7. The van der Waals surface area contributed by atoms with E-state index in [1.165, 1.54) is 0 Å². The van der Waals surface area contributed by atoms with Crippen LogP contribution in [0, 0.1) is 5.92 Å². The highest BCUT2D eigenvalue weighted by Gasteiger charge is 2.48. The minimum absolute atomic E-state index is 0. The van der Waals surface area contributed by atoms with Crippen molar-refractivity contribution in [1.29, 1.82) is 0 Å². The van der Waals surface area contributed by atoms with Crippen molar-refractivity contribution in [3.05, 3.63) is 114 Å². The van der Waals surface area contributed by atoms with E-state index in [-0.39, 0.29) is 24.5 Å². The number of nitrogens with zero attached hydrogens (tertiary/aromatic N) is 3. The number of hydrogen-bond acceptors (Lipinski definition) is 6. The number of hydrogen-bond donors (Lipinski definition) is 1. The summed E-state index contributed by atoms with van der Waals surface area (Å²) in [5.74, 6) is 1.53. The summed E-state index contributed by atoms with van der Waals surface area (Å²) >= 11 is 0. The molecule has 202 valence electrons. The summed E-state index contributed by atoms with van der Waals surface area (Å²) in [5, 5.41) is 7.69. The molecule has 1 N–H and O–H groups in total. The van der Waals surface area contributed by atoms with E-state index < -0.39 is 6.04 Å². The summed E-state index contributed by atoms with van der Waals surface area (Å²) in [6, 6.07) is 29.2. The molecule has 0 unspecified atom stereocenters. The average Bonchev–Trinajstić information content (AvgIpc) is 3.39. The van der Waals surface area contributed by atoms with Gasteiger partial charge in [0.05, 0.1) is 19.5 Å². The third-order valence-corrected chi connectivity index (χ3v) is 7.95. The second-order valence-corrected chi connectivity index (χ2v) is 10.6. The molecule has 7 rings (SSSR count). The third-order valence-electron chi connectivity index (χ3n) is 7.95. The van der Waals surface area contributed by atoms with Crippen LogP contribution in [-0.2, 0) is 22.5 Å². The number of para-hydroxylation sites is 1. The van der Waals surface area contributed by atoms with Crippen molar-refractivity contribution in [3.8, 4) is 0 Å². The van der Waals surface area contributed by atoms with E-state index in [9.17, 15) is 4.79 Å². The number of piperidine rings is 3. The van der Waals surface area contributed by atoms with Crippen LogP contribution in [0.5, 0.6) is 0 Å². The Balaban J connectivity index is 0.00000308. The van der Waals surface area contributed by atoms with Crippen molar-refractivity contribution >= 4 is 11.7 Å². The van der Waals surface area contributed by atoms with Crippen molar-refractivity contribution in [2.24, 2.45) is 5.92 Å². The van der Waals surface area contributed by atoms with E-state index in [0.29, 0.717) is 24.8 Å². The maximum Gasteiger partial charge on any atom is 0.333 e. The van der Waals surface area contributed by atoms with Gasteiger partial charge in [-0.25, -0.2) is 4.79 Å². The molecule has 0 spiro atoms. The number of quaternary nitrogens is 1. The quantitative estimate of drug-likeness (QED) is 0.257. The van der Waals surface area contributed by atoms with Crippen molar-refractivity contribution in [2.45, 2.75) is 38.0 Å². The second-order valence-electron chi connectivity index (χ2n) is 10.6. The van der Waals surface area contributed by atoms with Crippen molar-refractivity contribution in [1.82, 2.24) is 10.1 Å². The van der Waals surface area contributed by atoms with Crippen LogP contribution in [0.1, 0.15) is 41.7 Å². The van der Waals surface area contributed by atoms with E-state index in [4.69, 9.17) is 14.2 Å². The highest BCUT2D eigenvalue weighted by atomic mass is 35.5. The fourth-order valence-electron chi connectivity index (χ4n) is 5.92. The summed E-state index contributed by atoms with van der Waals surface area (Å²) in [4.78, 5) is 18.3. The molecule has 4 heterocycles. The molecule has 0 saturated carbocycles. The Kier molecular flexibility index (Phi) is 8.29. The molecule has 3 aliphatic rings. The number of halogens is 1. The van der Waals surface area contributed by atoms with Gasteiger partial charge in [-0.05, 0) is 23.3 Å². The molecular weight excluding hydrogens is 512 g/mol. The topological polar surface area (TPSA) is 77.2 Å². The number of rotatable bonds is 9. The SMILES string of the molecule is O=C(O[C@H]1C[N+]2(Cc3noc(Cc4ccccc4)n3)CCC1CC2)[C@H](Nc1ccccc1)c1ccccc1.[Cl-]. The lowest BCUT2D eigenvalue weighted by atomic mass is 9.83. The molecule has 0 radical (unpaired) electrons. The number of carbonyl (C=O) groups is 1. The number of carbonyl (C=O) groups excluding carboxylic acids is 1. The fraction of sp³-hybridized carbons (Fsp3) is 0.323. The monoisotopic (exact) mass is 544 g/mol. The van der Waals surface area contributed by atoms with Crippen molar-refractivity contribution in [3.63, 3.8) is 0 Å². The minimum atomic E-state index is -0.569. The Hall–Kier alpha value is -3.68. The first-order valence-electron chi connectivity index (χ1n) is 13.4. The standard InChI is InChI=1S/C31H33N4O3.ClH/c36-31(30(25-12-6-2-7-13-25)32-26-14-8-3-9-15-26)37-27-21-35(18-16-24(27)17-19-35)22-28-33-29(38-34-28)20-23-10-4-1-5-11-23;/h1-15,24,27,30,32H,16-22H2;1H/q+1;/p-1/t24?,27-,30+,35?;/m0./s1. The number of esters is 1. The van der Waals surface area contributed by atoms with Gasteiger partial charge in [-0.15, -0.1) is 0 Å². The molecule has 0 amide bonds. The van der Waals surface area contributed by atoms with E-state index in [1.54, 1.807) is 0 Å². The summed E-state index contributed by atoms with van der Waals surface area (Å²) in [7, 11) is 0. The number of anilines is 1. The first-order valence-corrected chi connectivity index (χ1v) is 13.4. The zero-order valence-corrected chi connectivity index (χ0v) is 22.5. The van der Waals surface area contributed by atoms with Crippen LogP contribution in [0.25, 0.3) is 0 Å². The van der Waals surface area contributed by atoms with Gasteiger partial charge in [0.25, 0.3) is 0 Å². The largest absolute Gasteiger partial charge is 1.00 e. The first kappa shape index (κ1) is 26.9. The zero-order chi connectivity index (χ0) is 25.8. The number of aromatic nitrogens is 2. The van der Waals surface area contributed by atoms with Crippen LogP contribution >= 0.6 is 0 Å². The number of benzene rings is 3. The van der Waals surface area contributed by atoms with Crippen LogP contribution < -0.4 is 17.7 Å². The number of fused-ring (bicyclic) bond motifs is 3. The predicted octanol–water partition coefficient (Wildman–Crippen LogP) is 2.17. The molecule has 2 atom stereocenters. The van der Waals surface area contributed by atoms with Crippen LogP contribution in [0.3, 0.4) is 0 Å². The van der Waals surface area contributed by atoms with Crippen molar-refractivity contribution in [2.75, 3.05) is 25.0 Å². The smallest absolute Gasteiger partial charge is 0.333 e. The van der Waals surface area contributed by atoms with E-state index >= 15 is 0 Å². The summed E-state index contributed by atoms with van der Waals surface area (Å²) < 4.78 is 12.7. The minimum Gasteiger partial charge on any atom is -1.00 e. The van der Waals surface area contributed by atoms with Crippen molar-refractivity contribution < 1.29 is 30.9 Å². The summed E-state index contributed by atoms with van der Waals surface area (Å²) in [6.07, 6.45) is 2.58. The molecule has 1 aromatic heterocycles. The number of ether oxygens (including phenoxy) is 1. The second kappa shape index (κ2) is 12.0. The van der Waals surface area contributed by atoms with Crippen LogP contribution in [-0.4, -0.2) is 46.3 Å². The highest BCUT2D eigenvalue weighted by molar-refractivity contribution is 5.81. The molecule has 3 aromatic carbocycles. The highest BCUT2D eigenvalue weighted by Crippen LogP contribution is 2.37. The number of nitrogens with one attached hydrogen (secondary N) is 1. The van der Waals surface area contributed by atoms with Gasteiger partial charge in [0.2, 0.25) is 11.7 Å². The van der Waals surface area contributed by atoms with Gasteiger partial charge in [0.15, 0.2) is 12.1 Å². The normalized spacial score (nSPS) is 22.5. The fourth-order valence-corrected chi connectivity index (χ4v) is 5.92. The van der Waals surface area contributed by atoms with Gasteiger partial charge >= 0.3 is 5.97 Å². The summed E-state index contributed by atoms with van der Waals surface area (Å²) in [5.41, 5.74) is 2.93. The molecule has 39 heavy (non-hydrogen) atoms. The van der Waals surface area contributed by atoms with Gasteiger partial charge in [-0.3, -0.25) is 0 Å².